The molecule has 0 spiro atoms. The van der Waals surface area contributed by atoms with Crippen molar-refractivity contribution >= 4 is 11.8 Å². The molecule has 0 aromatic heterocycles. The molecule has 0 atom stereocenters. The van der Waals surface area contributed by atoms with Crippen molar-refractivity contribution in [2.45, 2.75) is 91.9 Å². The first-order chi connectivity index (χ1) is 14.3. The second-order valence-electron chi connectivity index (χ2n) is 11.1. The van der Waals surface area contributed by atoms with Gasteiger partial charge in [0, 0.05) is 38.0 Å². The Hall–Kier alpha value is -1.06. The van der Waals surface area contributed by atoms with E-state index in [1.165, 1.54) is 51.4 Å². The SMILES string of the molecule is CC(C)C(=O)N1CCC(CCC2CCN(C(=O)C3CCC(C(C)C)CC3)CC2)CC1. The molecule has 1 aliphatic carbocycles. The van der Waals surface area contributed by atoms with E-state index in [0.717, 1.165) is 62.7 Å². The lowest BCUT2D eigenvalue weighted by Gasteiger charge is -2.38. The summed E-state index contributed by atoms with van der Waals surface area (Å²) in [7, 11) is 0. The van der Waals surface area contributed by atoms with E-state index in [1.807, 2.05) is 13.8 Å². The molecule has 0 aromatic carbocycles. The number of carbonyl (C=O) groups is 2. The number of carbonyl (C=O) groups excluding carboxylic acids is 2. The van der Waals surface area contributed by atoms with Gasteiger partial charge in [0.2, 0.25) is 11.8 Å². The lowest BCUT2D eigenvalue weighted by molar-refractivity contribution is -0.138. The van der Waals surface area contributed by atoms with E-state index in [4.69, 9.17) is 0 Å². The molecule has 0 radical (unpaired) electrons. The molecule has 172 valence electrons. The molecule has 30 heavy (non-hydrogen) atoms. The van der Waals surface area contributed by atoms with Crippen molar-refractivity contribution in [3.05, 3.63) is 0 Å². The topological polar surface area (TPSA) is 40.6 Å². The summed E-state index contributed by atoms with van der Waals surface area (Å²) in [5.41, 5.74) is 0. The summed E-state index contributed by atoms with van der Waals surface area (Å²) in [5, 5.41) is 0. The average Bonchev–Trinajstić information content (AvgIpc) is 2.77. The minimum Gasteiger partial charge on any atom is -0.342 e. The van der Waals surface area contributed by atoms with Gasteiger partial charge in [-0.25, -0.2) is 0 Å². The van der Waals surface area contributed by atoms with Crippen LogP contribution in [0, 0.1) is 35.5 Å². The third-order valence-corrected chi connectivity index (χ3v) is 8.39. The molecule has 0 aromatic rings. The van der Waals surface area contributed by atoms with Crippen LogP contribution in [0.15, 0.2) is 0 Å². The Morgan fingerprint density at radius 2 is 1.17 bits per heavy atom. The van der Waals surface area contributed by atoms with Crippen LogP contribution in [0.2, 0.25) is 0 Å². The van der Waals surface area contributed by atoms with Gasteiger partial charge in [0.25, 0.3) is 0 Å². The number of likely N-dealkylation sites (tertiary alicyclic amines) is 2. The number of amides is 2. The van der Waals surface area contributed by atoms with Gasteiger partial charge in [-0.1, -0.05) is 40.5 Å². The molecule has 0 unspecified atom stereocenters. The zero-order chi connectivity index (χ0) is 21.7. The zero-order valence-corrected chi connectivity index (χ0v) is 20.1. The smallest absolute Gasteiger partial charge is 0.225 e. The first kappa shape index (κ1) is 23.6. The molecule has 1 saturated carbocycles. The minimum absolute atomic E-state index is 0.125. The Bertz CT molecular complexity index is 549. The molecule has 2 amide bonds. The first-order valence-electron chi connectivity index (χ1n) is 12.9. The Morgan fingerprint density at radius 3 is 1.60 bits per heavy atom. The Kier molecular flexibility index (Phi) is 8.65. The van der Waals surface area contributed by atoms with Crippen molar-refractivity contribution in [2.75, 3.05) is 26.2 Å². The maximum absolute atomic E-state index is 13.0. The number of piperidine rings is 2. The molecule has 4 nitrogen and oxygen atoms in total. The van der Waals surface area contributed by atoms with Crippen molar-refractivity contribution in [2.24, 2.45) is 35.5 Å². The number of nitrogens with zero attached hydrogens (tertiary/aromatic N) is 2. The summed E-state index contributed by atoms with van der Waals surface area (Å²) in [4.78, 5) is 29.4. The monoisotopic (exact) mass is 418 g/mol. The van der Waals surface area contributed by atoms with Crippen LogP contribution in [-0.2, 0) is 9.59 Å². The molecule has 4 heteroatoms. The lowest BCUT2D eigenvalue weighted by Crippen LogP contribution is -2.43. The normalized spacial score (nSPS) is 27.1. The Labute approximate surface area is 185 Å². The molecule has 0 N–H and O–H groups in total. The third-order valence-electron chi connectivity index (χ3n) is 8.39. The maximum atomic E-state index is 13.0. The van der Waals surface area contributed by atoms with E-state index in [9.17, 15) is 9.59 Å². The highest BCUT2D eigenvalue weighted by molar-refractivity contribution is 5.79. The van der Waals surface area contributed by atoms with Gasteiger partial charge in [-0.3, -0.25) is 9.59 Å². The first-order valence-corrected chi connectivity index (χ1v) is 12.9. The number of hydrogen-bond acceptors (Lipinski definition) is 2. The minimum atomic E-state index is 0.125. The second-order valence-corrected chi connectivity index (χ2v) is 11.1. The van der Waals surface area contributed by atoms with Gasteiger partial charge in [-0.2, -0.15) is 0 Å². The molecular formula is C26H46N2O2. The van der Waals surface area contributed by atoms with Crippen molar-refractivity contribution in [3.8, 4) is 0 Å². The van der Waals surface area contributed by atoms with Gasteiger partial charge in [0.05, 0.1) is 0 Å². The van der Waals surface area contributed by atoms with Crippen LogP contribution in [-0.4, -0.2) is 47.8 Å². The summed E-state index contributed by atoms with van der Waals surface area (Å²) < 4.78 is 0. The number of rotatable bonds is 6. The van der Waals surface area contributed by atoms with Gasteiger partial charge >= 0.3 is 0 Å². The predicted octanol–water partition coefficient (Wildman–Crippen LogP) is 5.36. The van der Waals surface area contributed by atoms with Crippen molar-refractivity contribution < 1.29 is 9.59 Å². The Morgan fingerprint density at radius 1 is 0.700 bits per heavy atom. The molecular weight excluding hydrogens is 372 g/mol. The maximum Gasteiger partial charge on any atom is 0.225 e. The zero-order valence-electron chi connectivity index (χ0n) is 20.1. The van der Waals surface area contributed by atoms with Crippen LogP contribution in [0.1, 0.15) is 91.9 Å². The van der Waals surface area contributed by atoms with Crippen LogP contribution in [0.4, 0.5) is 0 Å². The second kappa shape index (κ2) is 11.0. The van der Waals surface area contributed by atoms with E-state index < -0.39 is 0 Å². The van der Waals surface area contributed by atoms with Gasteiger partial charge < -0.3 is 9.80 Å². The average molecular weight is 419 g/mol. The van der Waals surface area contributed by atoms with E-state index in [2.05, 4.69) is 23.6 Å². The predicted molar refractivity (Wildman–Crippen MR) is 123 cm³/mol. The van der Waals surface area contributed by atoms with Crippen LogP contribution >= 0.6 is 0 Å². The van der Waals surface area contributed by atoms with Crippen molar-refractivity contribution in [3.63, 3.8) is 0 Å². The lowest BCUT2D eigenvalue weighted by atomic mass is 9.76. The van der Waals surface area contributed by atoms with E-state index in [0.29, 0.717) is 17.7 Å². The van der Waals surface area contributed by atoms with E-state index in [-0.39, 0.29) is 5.92 Å². The molecule has 3 fully saturated rings. The molecule has 0 bridgehead atoms. The fraction of sp³-hybridized carbons (Fsp3) is 0.923. The number of hydrogen-bond donors (Lipinski definition) is 0. The van der Waals surface area contributed by atoms with E-state index >= 15 is 0 Å². The van der Waals surface area contributed by atoms with Crippen LogP contribution < -0.4 is 0 Å². The third kappa shape index (κ3) is 6.23. The van der Waals surface area contributed by atoms with Crippen LogP contribution in [0.25, 0.3) is 0 Å². The van der Waals surface area contributed by atoms with Gasteiger partial charge in [0.1, 0.15) is 0 Å². The standard InChI is InChI=1S/C26H46N2O2/c1-19(2)23-7-9-24(10-8-23)26(30)28-17-13-22(14-18-28)6-5-21-11-15-27(16-12-21)25(29)20(3)4/h19-24H,5-18H2,1-4H3. The van der Waals surface area contributed by atoms with Crippen LogP contribution in [0.3, 0.4) is 0 Å². The van der Waals surface area contributed by atoms with Crippen molar-refractivity contribution in [1.82, 2.24) is 9.80 Å². The summed E-state index contributed by atoms with van der Waals surface area (Å²) in [6.07, 6.45) is 12.1. The highest BCUT2D eigenvalue weighted by atomic mass is 16.2. The Balaban J connectivity index is 1.32. The fourth-order valence-corrected chi connectivity index (χ4v) is 6.01. The molecule has 2 saturated heterocycles. The van der Waals surface area contributed by atoms with Gasteiger partial charge in [-0.05, 0) is 75.0 Å². The fourth-order valence-electron chi connectivity index (χ4n) is 6.01. The summed E-state index contributed by atoms with van der Waals surface area (Å²) in [5.74, 6) is 4.38. The van der Waals surface area contributed by atoms with Gasteiger partial charge in [-0.15, -0.1) is 0 Å². The summed E-state index contributed by atoms with van der Waals surface area (Å²) in [6.45, 7) is 12.5. The molecule has 3 aliphatic rings. The van der Waals surface area contributed by atoms with Crippen molar-refractivity contribution in [1.29, 1.82) is 0 Å². The largest absolute Gasteiger partial charge is 0.342 e. The quantitative estimate of drug-likeness (QED) is 0.582. The van der Waals surface area contributed by atoms with Crippen LogP contribution in [0.5, 0.6) is 0 Å². The molecule has 2 heterocycles. The van der Waals surface area contributed by atoms with E-state index in [1.54, 1.807) is 0 Å². The highest BCUT2D eigenvalue weighted by Crippen LogP contribution is 2.35. The highest BCUT2D eigenvalue weighted by Gasteiger charge is 2.32. The van der Waals surface area contributed by atoms with Gasteiger partial charge in [0.15, 0.2) is 0 Å². The molecule has 3 rings (SSSR count). The summed E-state index contributed by atoms with van der Waals surface area (Å²) in [6, 6.07) is 0. The molecule has 2 aliphatic heterocycles. The summed E-state index contributed by atoms with van der Waals surface area (Å²) >= 11 is 0.